The van der Waals surface area contributed by atoms with Crippen molar-refractivity contribution in [3.63, 3.8) is 0 Å². The third-order valence-corrected chi connectivity index (χ3v) is 2.14. The molecule has 0 N–H and O–H groups in total. The Morgan fingerprint density at radius 3 is 2.75 bits per heavy atom. The number of hydrogen-bond acceptors (Lipinski definition) is 3. The van der Waals surface area contributed by atoms with E-state index in [1.165, 1.54) is 6.07 Å². The van der Waals surface area contributed by atoms with Crippen LogP contribution in [0.4, 0.5) is 0 Å². The number of rotatable bonds is 2. The van der Waals surface area contributed by atoms with Gasteiger partial charge >= 0.3 is 0 Å². The maximum absolute atomic E-state index is 11.2. The third kappa shape index (κ3) is 2.42. The van der Waals surface area contributed by atoms with Gasteiger partial charge in [-0.1, -0.05) is 0 Å². The number of hydrogen-bond donors (Lipinski definition) is 0. The van der Waals surface area contributed by atoms with Gasteiger partial charge in [0.15, 0.2) is 5.43 Å². The Hall–Kier alpha value is -2.23. The molecule has 4 heteroatoms. The van der Waals surface area contributed by atoms with E-state index in [-0.39, 0.29) is 5.43 Å². The highest BCUT2D eigenvalue weighted by atomic mass is 16.1. The lowest BCUT2D eigenvalue weighted by Gasteiger charge is -1.98. The first-order valence-electron chi connectivity index (χ1n) is 4.89. The molecule has 80 valence electrons. The molecule has 0 unspecified atom stereocenters. The van der Waals surface area contributed by atoms with E-state index in [1.54, 1.807) is 42.6 Å². The minimum atomic E-state index is 0.0235. The van der Waals surface area contributed by atoms with Gasteiger partial charge in [0.2, 0.25) is 0 Å². The highest BCUT2D eigenvalue weighted by Crippen LogP contribution is 1.94. The summed E-state index contributed by atoms with van der Waals surface area (Å²) in [6, 6.07) is 5.22. The lowest BCUT2D eigenvalue weighted by molar-refractivity contribution is 0.860. The van der Waals surface area contributed by atoms with Gasteiger partial charge < -0.3 is 0 Å². The van der Waals surface area contributed by atoms with Gasteiger partial charge in [0, 0.05) is 36.4 Å². The van der Waals surface area contributed by atoms with E-state index in [9.17, 15) is 4.79 Å². The Balaban J connectivity index is 2.24. The highest BCUT2D eigenvalue weighted by Gasteiger charge is 1.91. The van der Waals surface area contributed by atoms with Gasteiger partial charge in [-0.2, -0.15) is 5.10 Å². The van der Waals surface area contributed by atoms with Gasteiger partial charge in [0.05, 0.1) is 6.21 Å². The van der Waals surface area contributed by atoms with Crippen LogP contribution < -0.4 is 5.43 Å². The summed E-state index contributed by atoms with van der Waals surface area (Å²) in [7, 11) is 0. The fraction of sp³-hybridized carbons (Fsp3) is 0.0833. The van der Waals surface area contributed by atoms with Crippen molar-refractivity contribution >= 4 is 6.21 Å². The van der Waals surface area contributed by atoms with Crippen molar-refractivity contribution in [3.05, 3.63) is 64.3 Å². The standard InChI is InChI=1S/C12H11N3O/c1-10-9-15(7-4-12(10)16)14-8-11-2-5-13-6-3-11/h2-9H,1H3. The first kappa shape index (κ1) is 10.3. The smallest absolute Gasteiger partial charge is 0.184 e. The topological polar surface area (TPSA) is 47.2 Å². The number of nitrogens with zero attached hydrogens (tertiary/aromatic N) is 3. The number of pyridine rings is 2. The molecule has 0 saturated carbocycles. The molecule has 2 heterocycles. The SMILES string of the molecule is Cc1cn(N=Cc2ccncc2)ccc1=O. The van der Waals surface area contributed by atoms with E-state index < -0.39 is 0 Å². The summed E-state index contributed by atoms with van der Waals surface area (Å²) in [6.07, 6.45) is 8.45. The second kappa shape index (κ2) is 4.53. The minimum Gasteiger partial charge on any atom is -0.290 e. The summed E-state index contributed by atoms with van der Waals surface area (Å²) in [5.41, 5.74) is 1.66. The highest BCUT2D eigenvalue weighted by molar-refractivity contribution is 5.78. The molecule has 0 amide bonds. The molecule has 0 atom stereocenters. The second-order valence-electron chi connectivity index (χ2n) is 3.40. The first-order chi connectivity index (χ1) is 7.75. The zero-order chi connectivity index (χ0) is 11.4. The van der Waals surface area contributed by atoms with Crippen molar-refractivity contribution in [2.24, 2.45) is 5.10 Å². The quantitative estimate of drug-likeness (QED) is 0.708. The van der Waals surface area contributed by atoms with Crippen molar-refractivity contribution in [2.45, 2.75) is 6.92 Å². The van der Waals surface area contributed by atoms with E-state index >= 15 is 0 Å². The maximum Gasteiger partial charge on any atom is 0.184 e. The van der Waals surface area contributed by atoms with Gasteiger partial charge in [-0.25, -0.2) is 4.68 Å². The van der Waals surface area contributed by atoms with Crippen LogP contribution in [0.15, 0.2) is 52.9 Å². The molecule has 0 aromatic carbocycles. The fourth-order valence-electron chi connectivity index (χ4n) is 1.24. The average molecular weight is 213 g/mol. The largest absolute Gasteiger partial charge is 0.290 e. The normalized spacial score (nSPS) is 10.8. The summed E-state index contributed by atoms with van der Waals surface area (Å²) in [6.45, 7) is 1.76. The Morgan fingerprint density at radius 2 is 2.06 bits per heavy atom. The van der Waals surface area contributed by atoms with Gasteiger partial charge in [-0.15, -0.1) is 0 Å². The molecule has 0 fully saturated rings. The first-order valence-corrected chi connectivity index (χ1v) is 4.89. The molecular formula is C12H11N3O. The van der Waals surface area contributed by atoms with Crippen LogP contribution in [0.2, 0.25) is 0 Å². The summed E-state index contributed by atoms with van der Waals surface area (Å²) < 4.78 is 1.61. The molecule has 0 aliphatic heterocycles. The van der Waals surface area contributed by atoms with Crippen LogP contribution >= 0.6 is 0 Å². The fourth-order valence-corrected chi connectivity index (χ4v) is 1.24. The van der Waals surface area contributed by atoms with Crippen LogP contribution in [-0.4, -0.2) is 15.9 Å². The summed E-state index contributed by atoms with van der Waals surface area (Å²) in [5, 5.41) is 4.20. The van der Waals surface area contributed by atoms with Crippen molar-refractivity contribution < 1.29 is 0 Å². The van der Waals surface area contributed by atoms with Crippen molar-refractivity contribution in [1.29, 1.82) is 0 Å². The van der Waals surface area contributed by atoms with E-state index in [1.807, 2.05) is 12.1 Å². The van der Waals surface area contributed by atoms with Gasteiger partial charge in [0.1, 0.15) is 0 Å². The minimum absolute atomic E-state index is 0.0235. The third-order valence-electron chi connectivity index (χ3n) is 2.14. The van der Waals surface area contributed by atoms with Crippen molar-refractivity contribution in [2.75, 3.05) is 0 Å². The maximum atomic E-state index is 11.2. The van der Waals surface area contributed by atoms with E-state index in [2.05, 4.69) is 10.1 Å². The van der Waals surface area contributed by atoms with Crippen LogP contribution in [0.5, 0.6) is 0 Å². The van der Waals surface area contributed by atoms with E-state index in [4.69, 9.17) is 0 Å². The molecule has 2 aromatic rings. The predicted octanol–water partition coefficient (Wildman–Crippen LogP) is 1.43. The van der Waals surface area contributed by atoms with Crippen molar-refractivity contribution in [1.82, 2.24) is 9.66 Å². The summed E-state index contributed by atoms with van der Waals surface area (Å²) in [5.74, 6) is 0. The van der Waals surface area contributed by atoms with E-state index in [0.29, 0.717) is 5.56 Å². The lowest BCUT2D eigenvalue weighted by atomic mass is 10.3. The predicted molar refractivity (Wildman–Crippen MR) is 62.7 cm³/mol. The van der Waals surface area contributed by atoms with E-state index in [0.717, 1.165) is 5.56 Å². The molecule has 0 aliphatic carbocycles. The molecule has 16 heavy (non-hydrogen) atoms. The number of aromatic nitrogens is 2. The molecule has 0 bridgehead atoms. The molecule has 0 saturated heterocycles. The summed E-state index contributed by atoms with van der Waals surface area (Å²) in [4.78, 5) is 15.1. The Bertz CT molecular complexity index is 558. The number of aryl methyl sites for hydroxylation is 1. The average Bonchev–Trinajstić information content (AvgIpc) is 2.32. The van der Waals surface area contributed by atoms with Crippen LogP contribution in [0.25, 0.3) is 0 Å². The zero-order valence-electron chi connectivity index (χ0n) is 8.87. The Morgan fingerprint density at radius 1 is 1.31 bits per heavy atom. The van der Waals surface area contributed by atoms with Crippen molar-refractivity contribution in [3.8, 4) is 0 Å². The summed E-state index contributed by atoms with van der Waals surface area (Å²) >= 11 is 0. The molecule has 4 nitrogen and oxygen atoms in total. The molecule has 0 radical (unpaired) electrons. The van der Waals surface area contributed by atoms with Gasteiger partial charge in [-0.05, 0) is 24.6 Å². The zero-order valence-corrected chi connectivity index (χ0v) is 8.87. The van der Waals surface area contributed by atoms with Gasteiger partial charge in [0.25, 0.3) is 0 Å². The van der Waals surface area contributed by atoms with Crippen LogP contribution in [-0.2, 0) is 0 Å². The molecule has 0 spiro atoms. The van der Waals surface area contributed by atoms with Crippen LogP contribution in [0, 0.1) is 6.92 Å². The Kier molecular flexibility index (Phi) is 2.91. The lowest BCUT2D eigenvalue weighted by Crippen LogP contribution is -2.06. The Labute approximate surface area is 92.9 Å². The molecular weight excluding hydrogens is 202 g/mol. The molecule has 0 aliphatic rings. The molecule has 2 aromatic heterocycles. The van der Waals surface area contributed by atoms with Gasteiger partial charge in [-0.3, -0.25) is 9.78 Å². The van der Waals surface area contributed by atoms with Crippen LogP contribution in [0.3, 0.4) is 0 Å². The second-order valence-corrected chi connectivity index (χ2v) is 3.40. The van der Waals surface area contributed by atoms with Crippen LogP contribution in [0.1, 0.15) is 11.1 Å². The molecule has 2 rings (SSSR count). The monoisotopic (exact) mass is 213 g/mol.